The first kappa shape index (κ1) is 13.9. The van der Waals surface area contributed by atoms with Crippen LogP contribution in [0.3, 0.4) is 0 Å². The molecule has 1 heterocycles. The standard InChI is InChI=1S/C18H28N2/c1-13-8-14(2)12-20(11-13)18-7-4-16(9-15(18)3)10-19-17-5-6-17/h4,7,9,13-14,17,19H,5-6,8,10-12H2,1-3H3. The third-order valence-electron chi connectivity index (χ3n) is 4.64. The van der Waals surface area contributed by atoms with Crippen LogP contribution in [0.5, 0.6) is 0 Å². The minimum Gasteiger partial charge on any atom is -0.371 e. The molecule has 2 nitrogen and oxygen atoms in total. The topological polar surface area (TPSA) is 15.3 Å². The Morgan fingerprint density at radius 2 is 1.85 bits per heavy atom. The lowest BCUT2D eigenvalue weighted by molar-refractivity contribution is 0.356. The van der Waals surface area contributed by atoms with Crippen LogP contribution >= 0.6 is 0 Å². The van der Waals surface area contributed by atoms with Gasteiger partial charge in [-0.25, -0.2) is 0 Å². The van der Waals surface area contributed by atoms with Crippen LogP contribution < -0.4 is 10.2 Å². The summed E-state index contributed by atoms with van der Waals surface area (Å²) in [6.45, 7) is 10.5. The summed E-state index contributed by atoms with van der Waals surface area (Å²) in [6.07, 6.45) is 4.10. The van der Waals surface area contributed by atoms with Gasteiger partial charge >= 0.3 is 0 Å². The van der Waals surface area contributed by atoms with Crippen LogP contribution in [0.15, 0.2) is 18.2 Å². The molecule has 0 aromatic heterocycles. The predicted octanol–water partition coefficient (Wildman–Crippen LogP) is 3.73. The second-order valence-corrected chi connectivity index (χ2v) is 7.13. The zero-order chi connectivity index (χ0) is 14.1. The highest BCUT2D eigenvalue weighted by atomic mass is 15.1. The smallest absolute Gasteiger partial charge is 0.0396 e. The molecule has 1 aliphatic carbocycles. The number of hydrogen-bond acceptors (Lipinski definition) is 2. The lowest BCUT2D eigenvalue weighted by atomic mass is 9.91. The van der Waals surface area contributed by atoms with Crippen molar-refractivity contribution in [3.63, 3.8) is 0 Å². The number of nitrogens with one attached hydrogen (secondary N) is 1. The molecule has 2 atom stereocenters. The van der Waals surface area contributed by atoms with Gasteiger partial charge in [-0.15, -0.1) is 0 Å². The molecule has 2 heteroatoms. The minimum absolute atomic E-state index is 0.791. The van der Waals surface area contributed by atoms with Crippen LogP contribution in [-0.2, 0) is 6.54 Å². The molecule has 1 aromatic rings. The van der Waals surface area contributed by atoms with Gasteiger partial charge in [-0.05, 0) is 55.2 Å². The maximum absolute atomic E-state index is 3.60. The van der Waals surface area contributed by atoms with E-state index in [1.165, 1.54) is 49.2 Å². The molecule has 1 N–H and O–H groups in total. The third kappa shape index (κ3) is 3.35. The summed E-state index contributed by atoms with van der Waals surface area (Å²) in [5, 5.41) is 3.60. The van der Waals surface area contributed by atoms with E-state index in [2.05, 4.69) is 49.2 Å². The highest BCUT2D eigenvalue weighted by Gasteiger charge is 2.23. The molecule has 2 unspecified atom stereocenters. The van der Waals surface area contributed by atoms with E-state index in [4.69, 9.17) is 0 Å². The van der Waals surface area contributed by atoms with Crippen molar-refractivity contribution < 1.29 is 0 Å². The number of aryl methyl sites for hydroxylation is 1. The van der Waals surface area contributed by atoms with Gasteiger partial charge in [0.15, 0.2) is 0 Å². The quantitative estimate of drug-likeness (QED) is 0.898. The van der Waals surface area contributed by atoms with Crippen molar-refractivity contribution in [2.45, 2.75) is 52.6 Å². The van der Waals surface area contributed by atoms with Crippen molar-refractivity contribution in [2.75, 3.05) is 18.0 Å². The summed E-state index contributed by atoms with van der Waals surface area (Å²) in [5.41, 5.74) is 4.30. The van der Waals surface area contributed by atoms with Crippen LogP contribution in [0, 0.1) is 18.8 Å². The summed E-state index contributed by atoms with van der Waals surface area (Å²) >= 11 is 0. The Morgan fingerprint density at radius 1 is 1.15 bits per heavy atom. The van der Waals surface area contributed by atoms with Crippen molar-refractivity contribution >= 4 is 5.69 Å². The van der Waals surface area contributed by atoms with Crippen molar-refractivity contribution in [1.82, 2.24) is 5.32 Å². The van der Waals surface area contributed by atoms with E-state index in [1.807, 2.05) is 0 Å². The second-order valence-electron chi connectivity index (χ2n) is 7.13. The maximum Gasteiger partial charge on any atom is 0.0396 e. The molecule has 0 spiro atoms. The Labute approximate surface area is 123 Å². The SMILES string of the molecule is Cc1cc(CNC2CC2)ccc1N1CC(C)CC(C)C1. The lowest BCUT2D eigenvalue weighted by Gasteiger charge is -2.37. The first-order valence-electron chi connectivity index (χ1n) is 8.19. The van der Waals surface area contributed by atoms with Crippen molar-refractivity contribution in [2.24, 2.45) is 11.8 Å². The Bertz CT molecular complexity index is 454. The molecule has 20 heavy (non-hydrogen) atoms. The number of benzene rings is 1. The van der Waals surface area contributed by atoms with E-state index in [1.54, 1.807) is 0 Å². The Kier molecular flexibility index (Phi) is 4.02. The van der Waals surface area contributed by atoms with Crippen LogP contribution in [0.2, 0.25) is 0 Å². The molecule has 2 aliphatic rings. The molecule has 1 saturated carbocycles. The number of anilines is 1. The molecule has 0 amide bonds. The van der Waals surface area contributed by atoms with Gasteiger partial charge in [0.05, 0.1) is 0 Å². The molecule has 110 valence electrons. The first-order valence-corrected chi connectivity index (χ1v) is 8.19. The molecule has 3 rings (SSSR count). The summed E-state index contributed by atoms with van der Waals surface area (Å²) < 4.78 is 0. The van der Waals surface area contributed by atoms with Gasteiger partial charge < -0.3 is 10.2 Å². The fraction of sp³-hybridized carbons (Fsp3) is 0.667. The van der Waals surface area contributed by atoms with Crippen LogP contribution in [0.25, 0.3) is 0 Å². The van der Waals surface area contributed by atoms with Gasteiger partial charge in [0, 0.05) is 31.4 Å². The summed E-state index contributed by atoms with van der Waals surface area (Å²) in [6, 6.07) is 7.80. The average Bonchev–Trinajstić information content (AvgIpc) is 3.19. The largest absolute Gasteiger partial charge is 0.371 e. The number of piperidine rings is 1. The van der Waals surface area contributed by atoms with Gasteiger partial charge in [-0.3, -0.25) is 0 Å². The molecule has 1 aliphatic heterocycles. The van der Waals surface area contributed by atoms with E-state index in [-0.39, 0.29) is 0 Å². The normalized spacial score (nSPS) is 26.9. The van der Waals surface area contributed by atoms with Crippen LogP contribution in [-0.4, -0.2) is 19.1 Å². The molecule has 1 saturated heterocycles. The third-order valence-corrected chi connectivity index (χ3v) is 4.64. The van der Waals surface area contributed by atoms with E-state index >= 15 is 0 Å². The molecular formula is C18H28N2. The van der Waals surface area contributed by atoms with Crippen molar-refractivity contribution in [3.05, 3.63) is 29.3 Å². The summed E-state index contributed by atoms with van der Waals surface area (Å²) in [5.74, 6) is 1.63. The average molecular weight is 272 g/mol. The predicted molar refractivity (Wildman–Crippen MR) is 86.2 cm³/mol. The van der Waals surface area contributed by atoms with Crippen molar-refractivity contribution in [1.29, 1.82) is 0 Å². The molecule has 0 bridgehead atoms. The molecule has 1 aromatic carbocycles. The Balaban J connectivity index is 1.69. The lowest BCUT2D eigenvalue weighted by Crippen LogP contribution is -2.39. The minimum atomic E-state index is 0.791. The monoisotopic (exact) mass is 272 g/mol. The van der Waals surface area contributed by atoms with Crippen molar-refractivity contribution in [3.8, 4) is 0 Å². The van der Waals surface area contributed by atoms with Gasteiger partial charge in [0.1, 0.15) is 0 Å². The highest BCUT2D eigenvalue weighted by molar-refractivity contribution is 5.55. The van der Waals surface area contributed by atoms with E-state index < -0.39 is 0 Å². The van der Waals surface area contributed by atoms with Gasteiger partial charge in [-0.1, -0.05) is 26.0 Å². The number of rotatable bonds is 4. The fourth-order valence-corrected chi connectivity index (χ4v) is 3.59. The van der Waals surface area contributed by atoms with E-state index in [0.29, 0.717) is 0 Å². The van der Waals surface area contributed by atoms with Gasteiger partial charge in [0.25, 0.3) is 0 Å². The van der Waals surface area contributed by atoms with Gasteiger partial charge in [-0.2, -0.15) is 0 Å². The Morgan fingerprint density at radius 3 is 2.45 bits per heavy atom. The van der Waals surface area contributed by atoms with Gasteiger partial charge in [0.2, 0.25) is 0 Å². The molecule has 0 radical (unpaired) electrons. The fourth-order valence-electron chi connectivity index (χ4n) is 3.59. The maximum atomic E-state index is 3.60. The van der Waals surface area contributed by atoms with Crippen LogP contribution in [0.4, 0.5) is 5.69 Å². The molecule has 2 fully saturated rings. The number of nitrogens with zero attached hydrogens (tertiary/aromatic N) is 1. The summed E-state index contributed by atoms with van der Waals surface area (Å²) in [7, 11) is 0. The second kappa shape index (κ2) is 5.77. The zero-order valence-electron chi connectivity index (χ0n) is 13.2. The van der Waals surface area contributed by atoms with E-state index in [9.17, 15) is 0 Å². The highest BCUT2D eigenvalue weighted by Crippen LogP contribution is 2.29. The first-order chi connectivity index (χ1) is 9.61. The van der Waals surface area contributed by atoms with Crippen LogP contribution in [0.1, 0.15) is 44.2 Å². The molecular weight excluding hydrogens is 244 g/mol. The summed E-state index contributed by atoms with van der Waals surface area (Å²) in [4.78, 5) is 2.59. The zero-order valence-corrected chi connectivity index (χ0v) is 13.2. The Hall–Kier alpha value is -1.02. The number of hydrogen-bond donors (Lipinski definition) is 1. The van der Waals surface area contributed by atoms with E-state index in [0.717, 1.165) is 24.4 Å².